The Morgan fingerprint density at radius 2 is 1.93 bits per heavy atom. The normalized spacial score (nSPS) is 17.6. The second-order valence-electron chi connectivity index (χ2n) is 8.17. The maximum atomic E-state index is 14.0. The number of piperazine rings is 1. The van der Waals surface area contributed by atoms with Crippen molar-refractivity contribution < 1.29 is 9.18 Å². The topological polar surface area (TPSA) is 63.2 Å². The molecule has 0 unspecified atom stereocenters. The third-order valence-electron chi connectivity index (χ3n) is 5.24. The molecule has 1 aliphatic carbocycles. The van der Waals surface area contributed by atoms with Gasteiger partial charge in [-0.3, -0.25) is 14.7 Å². The predicted molar refractivity (Wildman–Crippen MR) is 129 cm³/mol. The highest BCUT2D eigenvalue weighted by atomic mass is 127. The molecule has 1 amide bonds. The van der Waals surface area contributed by atoms with Crippen molar-refractivity contribution in [3.63, 3.8) is 0 Å². The van der Waals surface area contributed by atoms with Crippen molar-refractivity contribution in [1.29, 1.82) is 0 Å². The van der Waals surface area contributed by atoms with Crippen molar-refractivity contribution >= 4 is 35.8 Å². The first-order chi connectivity index (χ1) is 13.9. The number of guanidine groups is 1. The zero-order chi connectivity index (χ0) is 20.8. The van der Waals surface area contributed by atoms with E-state index in [1.54, 1.807) is 7.05 Å². The van der Waals surface area contributed by atoms with Gasteiger partial charge in [-0.25, -0.2) is 4.39 Å². The average molecular weight is 532 g/mol. The van der Waals surface area contributed by atoms with E-state index in [1.165, 1.54) is 6.07 Å². The van der Waals surface area contributed by atoms with E-state index in [9.17, 15) is 9.18 Å². The zero-order valence-corrected chi connectivity index (χ0v) is 20.5. The number of halogens is 2. The summed E-state index contributed by atoms with van der Waals surface area (Å²) in [4.78, 5) is 22.7. The minimum atomic E-state index is -0.173. The van der Waals surface area contributed by atoms with Crippen molar-refractivity contribution in [1.82, 2.24) is 25.3 Å². The first-order valence-corrected chi connectivity index (χ1v) is 10.3. The molecule has 7 nitrogen and oxygen atoms in total. The van der Waals surface area contributed by atoms with Crippen LogP contribution in [0.4, 0.5) is 4.39 Å². The summed E-state index contributed by atoms with van der Waals surface area (Å²) in [5, 5.41) is 6.43. The minimum absolute atomic E-state index is 0. The smallest absolute Gasteiger partial charge is 0.234 e. The summed E-state index contributed by atoms with van der Waals surface area (Å²) >= 11 is 0. The van der Waals surface area contributed by atoms with Gasteiger partial charge < -0.3 is 20.4 Å². The van der Waals surface area contributed by atoms with Gasteiger partial charge in [0.1, 0.15) is 5.82 Å². The fourth-order valence-electron chi connectivity index (χ4n) is 3.54. The Bertz CT molecular complexity index is 732. The lowest BCUT2D eigenvalue weighted by atomic mass is 10.1. The van der Waals surface area contributed by atoms with E-state index in [1.807, 2.05) is 31.1 Å². The zero-order valence-electron chi connectivity index (χ0n) is 18.2. The standard InChI is InChI=1S/C21H33FN6O.HI/c1-23-21(24-13-16-4-7-19(22)17(12-16)14-26(2)3)28-10-8-27(9-11-28)15-20(29)25-18-5-6-18;/h4,7,12,18H,5-6,8-11,13-15H2,1-3H3,(H,23,24)(H,25,29);1H. The summed E-state index contributed by atoms with van der Waals surface area (Å²) in [6, 6.07) is 5.66. The second kappa shape index (κ2) is 11.8. The molecule has 9 heteroatoms. The number of nitrogens with one attached hydrogen (secondary N) is 2. The number of nitrogens with zero attached hydrogens (tertiary/aromatic N) is 4. The maximum absolute atomic E-state index is 14.0. The van der Waals surface area contributed by atoms with Gasteiger partial charge in [0.2, 0.25) is 5.91 Å². The molecule has 0 atom stereocenters. The Balaban J connectivity index is 0.00000320. The van der Waals surface area contributed by atoms with Gasteiger partial charge in [0.25, 0.3) is 0 Å². The predicted octanol–water partition coefficient (Wildman–Crippen LogP) is 1.48. The molecule has 3 rings (SSSR count). The number of carbonyl (C=O) groups is 1. The number of amides is 1. The molecule has 0 aromatic heterocycles. The SMILES string of the molecule is CN=C(NCc1ccc(F)c(CN(C)C)c1)N1CCN(CC(=O)NC2CC2)CC1.I. The first-order valence-electron chi connectivity index (χ1n) is 10.3. The summed E-state index contributed by atoms with van der Waals surface area (Å²) in [5.74, 6) is 0.799. The van der Waals surface area contributed by atoms with Crippen LogP contribution in [-0.2, 0) is 17.9 Å². The second-order valence-corrected chi connectivity index (χ2v) is 8.17. The van der Waals surface area contributed by atoms with Crippen LogP contribution in [0.1, 0.15) is 24.0 Å². The molecule has 1 aromatic carbocycles. The van der Waals surface area contributed by atoms with E-state index < -0.39 is 0 Å². The molecule has 0 spiro atoms. The summed E-state index contributed by atoms with van der Waals surface area (Å²) in [6.45, 7) is 4.96. The van der Waals surface area contributed by atoms with Gasteiger partial charge in [-0.05, 0) is 44.6 Å². The highest BCUT2D eigenvalue weighted by molar-refractivity contribution is 14.0. The molecular weight excluding hydrogens is 498 g/mol. The molecule has 0 bridgehead atoms. The Labute approximate surface area is 196 Å². The van der Waals surface area contributed by atoms with Crippen LogP contribution in [0.25, 0.3) is 0 Å². The van der Waals surface area contributed by atoms with Crippen LogP contribution < -0.4 is 10.6 Å². The van der Waals surface area contributed by atoms with E-state index in [0.29, 0.717) is 31.2 Å². The Hall–Kier alpha value is -1.46. The Kier molecular flexibility index (Phi) is 9.76. The van der Waals surface area contributed by atoms with Crippen molar-refractivity contribution in [2.24, 2.45) is 4.99 Å². The minimum Gasteiger partial charge on any atom is -0.352 e. The van der Waals surface area contributed by atoms with Crippen LogP contribution in [0, 0.1) is 5.82 Å². The highest BCUT2D eigenvalue weighted by Gasteiger charge is 2.25. The van der Waals surface area contributed by atoms with E-state index in [4.69, 9.17) is 0 Å². The number of rotatable bonds is 7. The van der Waals surface area contributed by atoms with Crippen LogP contribution in [-0.4, -0.2) is 86.5 Å². The van der Waals surface area contributed by atoms with Crippen molar-refractivity contribution in [3.05, 3.63) is 35.1 Å². The van der Waals surface area contributed by atoms with Gasteiger partial charge in [0.15, 0.2) is 5.96 Å². The average Bonchev–Trinajstić information content (AvgIpc) is 3.49. The fraction of sp³-hybridized carbons (Fsp3) is 0.619. The molecule has 2 N–H and O–H groups in total. The molecule has 0 radical (unpaired) electrons. The van der Waals surface area contributed by atoms with E-state index in [-0.39, 0.29) is 35.7 Å². The number of hydrogen-bond donors (Lipinski definition) is 2. The summed E-state index contributed by atoms with van der Waals surface area (Å²) in [6.07, 6.45) is 2.23. The summed E-state index contributed by atoms with van der Waals surface area (Å²) in [7, 11) is 5.64. The van der Waals surface area contributed by atoms with Crippen molar-refractivity contribution in [2.45, 2.75) is 32.0 Å². The van der Waals surface area contributed by atoms with Gasteiger partial charge in [-0.15, -0.1) is 24.0 Å². The number of benzene rings is 1. The molecule has 1 saturated heterocycles. The summed E-state index contributed by atoms with van der Waals surface area (Å²) < 4.78 is 14.0. The number of hydrogen-bond acceptors (Lipinski definition) is 4. The third kappa shape index (κ3) is 7.66. The number of aliphatic imine (C=N–C) groups is 1. The summed E-state index contributed by atoms with van der Waals surface area (Å²) in [5.41, 5.74) is 1.72. The quantitative estimate of drug-likeness (QED) is 0.317. The monoisotopic (exact) mass is 532 g/mol. The first kappa shape index (κ1) is 24.8. The van der Waals surface area contributed by atoms with Crippen LogP contribution in [0.5, 0.6) is 0 Å². The van der Waals surface area contributed by atoms with Gasteiger partial charge >= 0.3 is 0 Å². The molecule has 1 aromatic rings. The number of carbonyl (C=O) groups excluding carboxylic acids is 1. The molecule has 2 aliphatic rings. The van der Waals surface area contributed by atoms with Gasteiger partial charge in [0, 0.05) is 57.9 Å². The van der Waals surface area contributed by atoms with E-state index in [2.05, 4.69) is 25.4 Å². The van der Waals surface area contributed by atoms with Crippen molar-refractivity contribution in [3.8, 4) is 0 Å². The van der Waals surface area contributed by atoms with Gasteiger partial charge in [-0.2, -0.15) is 0 Å². The molecule has 1 saturated carbocycles. The van der Waals surface area contributed by atoms with Crippen LogP contribution in [0.2, 0.25) is 0 Å². The van der Waals surface area contributed by atoms with Crippen LogP contribution in [0.15, 0.2) is 23.2 Å². The fourth-order valence-corrected chi connectivity index (χ4v) is 3.54. The Morgan fingerprint density at radius 3 is 2.53 bits per heavy atom. The molecule has 30 heavy (non-hydrogen) atoms. The van der Waals surface area contributed by atoms with Crippen LogP contribution >= 0.6 is 24.0 Å². The molecule has 168 valence electrons. The third-order valence-corrected chi connectivity index (χ3v) is 5.24. The lowest BCUT2D eigenvalue weighted by Gasteiger charge is -2.36. The molecular formula is C21H34FIN6O. The van der Waals surface area contributed by atoms with E-state index in [0.717, 1.165) is 50.5 Å². The largest absolute Gasteiger partial charge is 0.352 e. The lowest BCUT2D eigenvalue weighted by molar-refractivity contribution is -0.122. The molecule has 1 aliphatic heterocycles. The maximum Gasteiger partial charge on any atom is 0.234 e. The lowest BCUT2D eigenvalue weighted by Crippen LogP contribution is -2.54. The van der Waals surface area contributed by atoms with E-state index >= 15 is 0 Å². The molecule has 1 heterocycles. The highest BCUT2D eigenvalue weighted by Crippen LogP contribution is 2.18. The van der Waals surface area contributed by atoms with Crippen molar-refractivity contribution in [2.75, 3.05) is 53.9 Å². The molecule has 2 fully saturated rings. The Morgan fingerprint density at radius 1 is 1.23 bits per heavy atom. The van der Waals surface area contributed by atoms with Gasteiger partial charge in [0.05, 0.1) is 6.54 Å². The van der Waals surface area contributed by atoms with Gasteiger partial charge in [-0.1, -0.05) is 6.07 Å². The van der Waals surface area contributed by atoms with Crippen LogP contribution in [0.3, 0.4) is 0 Å².